The van der Waals surface area contributed by atoms with Crippen LogP contribution in [0.2, 0.25) is 0 Å². The molecule has 0 atom stereocenters. The Morgan fingerprint density at radius 1 is 1.82 bits per heavy atom. The zero-order chi connectivity index (χ0) is 8.10. The van der Waals surface area contributed by atoms with Gasteiger partial charge < -0.3 is 9.15 Å². The van der Waals surface area contributed by atoms with E-state index >= 15 is 0 Å². The van der Waals surface area contributed by atoms with Crippen LogP contribution in [0.25, 0.3) is 0 Å². The Kier molecular flexibility index (Phi) is 2.59. The minimum atomic E-state index is -0.350. The monoisotopic (exact) mass is 156 g/mol. The first kappa shape index (κ1) is 7.71. The maximum absolute atomic E-state index is 10.8. The lowest BCUT2D eigenvalue weighted by molar-refractivity contribution is -0.135. The SMILES string of the molecule is CCCC(=O)Oc1nnco1. The number of carbonyl (C=O) groups excluding carboxylic acids is 1. The summed E-state index contributed by atoms with van der Waals surface area (Å²) in [6, 6.07) is 0. The third-order valence-electron chi connectivity index (χ3n) is 0.995. The third-order valence-corrected chi connectivity index (χ3v) is 0.995. The van der Waals surface area contributed by atoms with Crippen LogP contribution in [-0.4, -0.2) is 16.2 Å². The fraction of sp³-hybridized carbons (Fsp3) is 0.500. The average Bonchev–Trinajstić information content (AvgIpc) is 2.40. The minimum Gasteiger partial charge on any atom is -0.396 e. The van der Waals surface area contributed by atoms with Gasteiger partial charge in [-0.15, -0.1) is 5.10 Å². The van der Waals surface area contributed by atoms with Crippen molar-refractivity contribution in [1.29, 1.82) is 0 Å². The zero-order valence-electron chi connectivity index (χ0n) is 6.11. The summed E-state index contributed by atoms with van der Waals surface area (Å²) in [5, 5.41) is 6.72. The molecule has 5 nitrogen and oxygen atoms in total. The van der Waals surface area contributed by atoms with Gasteiger partial charge in [-0.05, 0) is 6.42 Å². The van der Waals surface area contributed by atoms with E-state index < -0.39 is 0 Å². The predicted molar refractivity (Wildman–Crippen MR) is 34.8 cm³/mol. The number of rotatable bonds is 3. The minimum absolute atomic E-state index is 0.0940. The van der Waals surface area contributed by atoms with E-state index in [1.165, 1.54) is 0 Å². The van der Waals surface area contributed by atoms with Crippen molar-refractivity contribution < 1.29 is 13.9 Å². The van der Waals surface area contributed by atoms with E-state index in [-0.39, 0.29) is 12.0 Å². The van der Waals surface area contributed by atoms with Crippen LogP contribution in [0.15, 0.2) is 10.8 Å². The van der Waals surface area contributed by atoms with Gasteiger partial charge in [0.25, 0.3) is 0 Å². The Morgan fingerprint density at radius 2 is 2.64 bits per heavy atom. The molecule has 0 aliphatic heterocycles. The fourth-order valence-corrected chi connectivity index (χ4v) is 0.560. The van der Waals surface area contributed by atoms with Crippen LogP contribution in [0.3, 0.4) is 0 Å². The van der Waals surface area contributed by atoms with Gasteiger partial charge in [-0.1, -0.05) is 12.0 Å². The van der Waals surface area contributed by atoms with Crippen molar-refractivity contribution in [3.05, 3.63) is 6.39 Å². The van der Waals surface area contributed by atoms with Gasteiger partial charge in [-0.2, -0.15) is 0 Å². The molecule has 0 bridgehead atoms. The average molecular weight is 156 g/mol. The zero-order valence-corrected chi connectivity index (χ0v) is 6.11. The van der Waals surface area contributed by atoms with E-state index in [1.54, 1.807) is 0 Å². The second kappa shape index (κ2) is 3.70. The van der Waals surface area contributed by atoms with Crippen LogP contribution in [-0.2, 0) is 4.79 Å². The molecule has 0 spiro atoms. The van der Waals surface area contributed by atoms with E-state index in [0.29, 0.717) is 6.42 Å². The van der Waals surface area contributed by atoms with Crippen LogP contribution in [0.4, 0.5) is 0 Å². The topological polar surface area (TPSA) is 65.2 Å². The molecule has 0 fully saturated rings. The lowest BCUT2D eigenvalue weighted by atomic mass is 10.3. The second-order valence-electron chi connectivity index (χ2n) is 1.93. The Balaban J connectivity index is 2.37. The van der Waals surface area contributed by atoms with Gasteiger partial charge in [0.05, 0.1) is 0 Å². The first-order valence-electron chi connectivity index (χ1n) is 3.29. The molecule has 0 amide bonds. The molecule has 0 unspecified atom stereocenters. The van der Waals surface area contributed by atoms with Crippen LogP contribution in [0, 0.1) is 0 Å². The third kappa shape index (κ3) is 2.37. The van der Waals surface area contributed by atoms with Gasteiger partial charge in [0.1, 0.15) is 0 Å². The normalized spacial score (nSPS) is 9.55. The molecule has 0 radical (unpaired) electrons. The molecule has 0 aliphatic carbocycles. The van der Waals surface area contributed by atoms with E-state index in [9.17, 15) is 4.79 Å². The number of esters is 1. The molecule has 1 rings (SSSR count). The molecule has 1 heterocycles. The quantitative estimate of drug-likeness (QED) is 0.605. The van der Waals surface area contributed by atoms with Crippen molar-refractivity contribution in [2.24, 2.45) is 0 Å². The first-order chi connectivity index (χ1) is 5.33. The molecule has 0 aromatic carbocycles. The largest absolute Gasteiger partial charge is 0.422 e. The standard InChI is InChI=1S/C6H8N2O3/c1-2-3-5(9)11-6-8-7-4-10-6/h4H,2-3H2,1H3. The Bertz CT molecular complexity index is 220. The Hall–Kier alpha value is -1.39. The number of nitrogens with zero attached hydrogens (tertiary/aromatic N) is 2. The van der Waals surface area contributed by atoms with Crippen molar-refractivity contribution in [1.82, 2.24) is 10.2 Å². The maximum Gasteiger partial charge on any atom is 0.422 e. The lowest BCUT2D eigenvalue weighted by Gasteiger charge is -1.94. The van der Waals surface area contributed by atoms with Gasteiger partial charge in [0, 0.05) is 6.42 Å². The van der Waals surface area contributed by atoms with E-state index in [0.717, 1.165) is 12.8 Å². The number of hydrogen-bond acceptors (Lipinski definition) is 5. The lowest BCUT2D eigenvalue weighted by Crippen LogP contribution is -2.06. The fourth-order valence-electron chi connectivity index (χ4n) is 0.560. The summed E-state index contributed by atoms with van der Waals surface area (Å²) in [7, 11) is 0. The van der Waals surface area contributed by atoms with Crippen molar-refractivity contribution in [3.8, 4) is 6.08 Å². The van der Waals surface area contributed by atoms with Crippen LogP contribution >= 0.6 is 0 Å². The van der Waals surface area contributed by atoms with Gasteiger partial charge in [0.2, 0.25) is 6.39 Å². The summed E-state index contributed by atoms with van der Waals surface area (Å²) in [5.41, 5.74) is 0. The maximum atomic E-state index is 10.8. The Morgan fingerprint density at radius 3 is 3.18 bits per heavy atom. The smallest absolute Gasteiger partial charge is 0.396 e. The summed E-state index contributed by atoms with van der Waals surface area (Å²) in [6.45, 7) is 1.88. The number of hydrogen-bond donors (Lipinski definition) is 0. The highest BCUT2D eigenvalue weighted by Crippen LogP contribution is 2.03. The highest BCUT2D eigenvalue weighted by Gasteiger charge is 2.06. The molecule has 11 heavy (non-hydrogen) atoms. The summed E-state index contributed by atoms with van der Waals surface area (Å²) < 4.78 is 9.20. The first-order valence-corrected chi connectivity index (χ1v) is 3.29. The summed E-state index contributed by atoms with van der Waals surface area (Å²) in [5.74, 6) is -0.350. The molecule has 1 aromatic heterocycles. The molecule has 1 aromatic rings. The van der Waals surface area contributed by atoms with Crippen LogP contribution in [0.1, 0.15) is 19.8 Å². The molecular weight excluding hydrogens is 148 g/mol. The summed E-state index contributed by atoms with van der Waals surface area (Å²) >= 11 is 0. The van der Waals surface area contributed by atoms with E-state index in [1.807, 2.05) is 6.92 Å². The predicted octanol–water partition coefficient (Wildman–Crippen LogP) is 0.775. The number of ether oxygens (including phenoxy) is 1. The molecule has 0 aliphatic rings. The molecule has 60 valence electrons. The van der Waals surface area contributed by atoms with E-state index in [4.69, 9.17) is 0 Å². The van der Waals surface area contributed by atoms with Gasteiger partial charge in [0.15, 0.2) is 0 Å². The number of carbonyl (C=O) groups is 1. The highest BCUT2D eigenvalue weighted by molar-refractivity contribution is 5.71. The molecule has 5 heteroatoms. The van der Waals surface area contributed by atoms with Gasteiger partial charge in [-0.3, -0.25) is 4.79 Å². The molecule has 0 saturated carbocycles. The van der Waals surface area contributed by atoms with Crippen molar-refractivity contribution in [2.45, 2.75) is 19.8 Å². The highest BCUT2D eigenvalue weighted by atomic mass is 16.6. The second-order valence-corrected chi connectivity index (χ2v) is 1.93. The van der Waals surface area contributed by atoms with Crippen LogP contribution in [0.5, 0.6) is 6.08 Å². The molecule has 0 N–H and O–H groups in total. The van der Waals surface area contributed by atoms with E-state index in [2.05, 4.69) is 19.4 Å². The van der Waals surface area contributed by atoms with Gasteiger partial charge in [-0.25, -0.2) is 0 Å². The summed E-state index contributed by atoms with van der Waals surface area (Å²) in [4.78, 5) is 10.8. The van der Waals surface area contributed by atoms with Crippen molar-refractivity contribution in [2.75, 3.05) is 0 Å². The van der Waals surface area contributed by atoms with Crippen molar-refractivity contribution in [3.63, 3.8) is 0 Å². The molecule has 0 saturated heterocycles. The number of aromatic nitrogens is 2. The van der Waals surface area contributed by atoms with Crippen molar-refractivity contribution >= 4 is 5.97 Å². The Labute approximate surface area is 63.4 Å². The summed E-state index contributed by atoms with van der Waals surface area (Å²) in [6.07, 6.45) is 2.12. The van der Waals surface area contributed by atoms with Crippen LogP contribution < -0.4 is 4.74 Å². The molecular formula is C6H8N2O3. The van der Waals surface area contributed by atoms with Gasteiger partial charge >= 0.3 is 12.0 Å².